The Morgan fingerprint density at radius 3 is 1.83 bits per heavy atom. The van der Waals surface area contributed by atoms with Crippen molar-refractivity contribution in [2.75, 3.05) is 7.11 Å². The summed E-state index contributed by atoms with van der Waals surface area (Å²) in [4.78, 5) is 16.2. The zero-order valence-electron chi connectivity index (χ0n) is 22.3. The summed E-state index contributed by atoms with van der Waals surface area (Å²) < 4.78 is 7.05. The molecule has 2 heterocycles. The second kappa shape index (κ2) is 10.9. The molecule has 200 valence electrons. The highest BCUT2D eigenvalue weighted by molar-refractivity contribution is 5.97. The highest BCUT2D eigenvalue weighted by Gasteiger charge is 2.41. The predicted molar refractivity (Wildman–Crippen MR) is 160 cm³/mol. The highest BCUT2D eigenvalue weighted by atomic mass is 16.6. The lowest BCUT2D eigenvalue weighted by molar-refractivity contribution is -0.385. The average Bonchev–Trinajstić information content (AvgIpc) is 3.40. The largest absolute Gasteiger partial charge is 0.504 e. The van der Waals surface area contributed by atoms with Crippen LogP contribution in [0.25, 0.3) is 28.2 Å². The maximum atomic E-state index is 12.4. The molecule has 0 fully saturated rings. The quantitative estimate of drug-likeness (QED) is 0.0869. The van der Waals surface area contributed by atoms with Crippen LogP contribution in [0.5, 0.6) is 0 Å². The van der Waals surface area contributed by atoms with Gasteiger partial charge in [0.05, 0.1) is 29.4 Å². The molecule has 7 nitrogen and oxygen atoms in total. The standard InChI is InChI=1S/C34H26N4O3/c1-41-22-19-26-23-30-32(24-31(26)38(39)40)37(36-33(30)25-17-20-35-21-18-25)34(27-11-5-2-6-12-27,28-13-7-3-8-14-28)29-15-9-4-10-16-29/h2-24H,1H3. The van der Waals surface area contributed by atoms with Crippen molar-refractivity contribution in [2.24, 2.45) is 0 Å². The van der Waals surface area contributed by atoms with E-state index in [1.54, 1.807) is 24.5 Å². The number of hydrogen-bond donors (Lipinski definition) is 0. The first kappa shape index (κ1) is 25.7. The van der Waals surface area contributed by atoms with Crippen molar-refractivity contribution in [3.8, 4) is 11.3 Å². The Kier molecular flexibility index (Phi) is 6.83. The van der Waals surface area contributed by atoms with Gasteiger partial charge in [-0.05, 0) is 41.0 Å². The van der Waals surface area contributed by atoms with Crippen LogP contribution in [0.3, 0.4) is 0 Å². The fourth-order valence-corrected chi connectivity index (χ4v) is 5.48. The van der Waals surface area contributed by atoms with Crippen LogP contribution in [0.4, 0.5) is 5.69 Å². The van der Waals surface area contributed by atoms with E-state index in [0.717, 1.165) is 27.6 Å². The van der Waals surface area contributed by atoms with E-state index in [1.807, 2.05) is 77.5 Å². The first-order valence-corrected chi connectivity index (χ1v) is 13.1. The molecule has 41 heavy (non-hydrogen) atoms. The van der Waals surface area contributed by atoms with Gasteiger partial charge in [0.2, 0.25) is 0 Å². The Hall–Kier alpha value is -5.56. The molecule has 0 aliphatic carbocycles. The number of aromatic nitrogens is 3. The summed E-state index contributed by atoms with van der Waals surface area (Å²) in [5.41, 5.74) is 4.48. The highest BCUT2D eigenvalue weighted by Crippen LogP contribution is 2.45. The molecule has 0 saturated carbocycles. The summed E-state index contributed by atoms with van der Waals surface area (Å²) >= 11 is 0. The predicted octanol–water partition coefficient (Wildman–Crippen LogP) is 7.46. The normalized spacial score (nSPS) is 11.6. The van der Waals surface area contributed by atoms with Gasteiger partial charge in [-0.15, -0.1) is 0 Å². The summed E-state index contributed by atoms with van der Waals surface area (Å²) in [5, 5.41) is 18.4. The topological polar surface area (TPSA) is 83.1 Å². The molecule has 2 aromatic heterocycles. The maximum Gasteiger partial charge on any atom is 0.278 e. The van der Waals surface area contributed by atoms with Crippen LogP contribution in [-0.4, -0.2) is 26.8 Å². The van der Waals surface area contributed by atoms with Crippen LogP contribution in [-0.2, 0) is 10.3 Å². The van der Waals surface area contributed by atoms with Crippen molar-refractivity contribution < 1.29 is 9.66 Å². The molecule has 4 aromatic carbocycles. The van der Waals surface area contributed by atoms with Crippen LogP contribution in [0.1, 0.15) is 22.3 Å². The van der Waals surface area contributed by atoms with Gasteiger partial charge in [-0.25, -0.2) is 4.68 Å². The molecule has 0 amide bonds. The molecule has 7 heteroatoms. The molecule has 0 radical (unpaired) electrons. The van der Waals surface area contributed by atoms with Crippen molar-refractivity contribution >= 4 is 22.7 Å². The zero-order valence-corrected chi connectivity index (χ0v) is 22.3. The van der Waals surface area contributed by atoms with Crippen LogP contribution in [0.15, 0.2) is 134 Å². The Morgan fingerprint density at radius 2 is 1.34 bits per heavy atom. The molecule has 0 spiro atoms. The molecule has 0 atom stereocenters. The van der Waals surface area contributed by atoms with Crippen LogP contribution >= 0.6 is 0 Å². The molecule has 0 aliphatic rings. The molecular formula is C34H26N4O3. The van der Waals surface area contributed by atoms with Crippen LogP contribution < -0.4 is 0 Å². The third kappa shape index (κ3) is 4.43. The lowest BCUT2D eigenvalue weighted by atomic mass is 9.77. The second-order valence-corrected chi connectivity index (χ2v) is 9.53. The number of rotatable bonds is 8. The van der Waals surface area contributed by atoms with Crippen molar-refractivity contribution in [3.05, 3.63) is 166 Å². The average molecular weight is 539 g/mol. The molecule has 0 saturated heterocycles. The second-order valence-electron chi connectivity index (χ2n) is 9.53. The van der Waals surface area contributed by atoms with Gasteiger partial charge in [0, 0.05) is 29.4 Å². The van der Waals surface area contributed by atoms with Crippen LogP contribution in [0, 0.1) is 10.1 Å². The molecular weight excluding hydrogens is 512 g/mol. The van der Waals surface area contributed by atoms with E-state index in [2.05, 4.69) is 41.4 Å². The van der Waals surface area contributed by atoms with E-state index in [9.17, 15) is 10.1 Å². The Balaban J connectivity index is 1.83. The Labute approximate surface area is 237 Å². The van der Waals surface area contributed by atoms with E-state index in [-0.39, 0.29) is 10.6 Å². The maximum absolute atomic E-state index is 12.4. The van der Waals surface area contributed by atoms with Crippen molar-refractivity contribution in [2.45, 2.75) is 5.54 Å². The number of pyridine rings is 1. The van der Waals surface area contributed by atoms with E-state index in [4.69, 9.17) is 9.84 Å². The fourth-order valence-electron chi connectivity index (χ4n) is 5.48. The van der Waals surface area contributed by atoms with Crippen molar-refractivity contribution in [1.29, 1.82) is 0 Å². The summed E-state index contributed by atoms with van der Waals surface area (Å²) in [7, 11) is 1.51. The number of fused-ring (bicyclic) bond motifs is 1. The number of hydrogen-bond acceptors (Lipinski definition) is 5. The van der Waals surface area contributed by atoms with Gasteiger partial charge in [-0.2, -0.15) is 5.10 Å². The van der Waals surface area contributed by atoms with E-state index < -0.39 is 5.54 Å². The summed E-state index contributed by atoms with van der Waals surface area (Å²) in [5.74, 6) is 0. The smallest absolute Gasteiger partial charge is 0.278 e. The molecule has 6 aromatic rings. The minimum atomic E-state index is -0.953. The van der Waals surface area contributed by atoms with Gasteiger partial charge in [-0.1, -0.05) is 91.0 Å². The van der Waals surface area contributed by atoms with Crippen molar-refractivity contribution in [3.63, 3.8) is 0 Å². The fraction of sp³-hybridized carbons (Fsp3) is 0.0588. The SMILES string of the molecule is COC=Cc1cc2c(-c3ccncc3)nn(C(c3ccccc3)(c3ccccc3)c3ccccc3)c2cc1[N+](=O)[O-]. The molecule has 0 unspecified atom stereocenters. The minimum Gasteiger partial charge on any atom is -0.504 e. The number of nitrogens with zero attached hydrogens (tertiary/aromatic N) is 4. The van der Waals surface area contributed by atoms with Gasteiger partial charge < -0.3 is 4.74 Å². The number of benzene rings is 4. The lowest BCUT2D eigenvalue weighted by Crippen LogP contribution is -2.38. The van der Waals surface area contributed by atoms with E-state index in [0.29, 0.717) is 16.8 Å². The molecule has 0 bridgehead atoms. The van der Waals surface area contributed by atoms with Gasteiger partial charge in [0.25, 0.3) is 5.69 Å². The van der Waals surface area contributed by atoms with E-state index in [1.165, 1.54) is 13.4 Å². The number of nitro groups is 1. The van der Waals surface area contributed by atoms with Gasteiger partial charge in [0.1, 0.15) is 11.2 Å². The molecule has 0 N–H and O–H groups in total. The first-order valence-electron chi connectivity index (χ1n) is 13.1. The Bertz CT molecular complexity index is 1740. The summed E-state index contributed by atoms with van der Waals surface area (Å²) in [6.45, 7) is 0. The monoisotopic (exact) mass is 538 g/mol. The summed E-state index contributed by atoms with van der Waals surface area (Å²) in [6, 6.07) is 37.6. The number of methoxy groups -OCH3 is 1. The zero-order chi connectivity index (χ0) is 28.2. The number of nitro benzene ring substituents is 1. The van der Waals surface area contributed by atoms with E-state index >= 15 is 0 Å². The summed E-state index contributed by atoms with van der Waals surface area (Å²) in [6.07, 6.45) is 6.48. The Morgan fingerprint density at radius 1 is 0.805 bits per heavy atom. The third-order valence-corrected chi connectivity index (χ3v) is 7.25. The molecule has 6 rings (SSSR count). The van der Waals surface area contributed by atoms with Crippen molar-refractivity contribution in [1.82, 2.24) is 14.8 Å². The van der Waals surface area contributed by atoms with Gasteiger partial charge in [-0.3, -0.25) is 15.1 Å². The minimum absolute atomic E-state index is 0.0451. The van der Waals surface area contributed by atoms with Crippen LogP contribution in [0.2, 0.25) is 0 Å². The lowest BCUT2D eigenvalue weighted by Gasteiger charge is -2.37. The first-order chi connectivity index (χ1) is 20.1. The van der Waals surface area contributed by atoms with Gasteiger partial charge in [0.15, 0.2) is 0 Å². The van der Waals surface area contributed by atoms with Gasteiger partial charge >= 0.3 is 0 Å². The number of ether oxygens (including phenoxy) is 1. The third-order valence-electron chi connectivity index (χ3n) is 7.25. The molecule has 0 aliphatic heterocycles.